The van der Waals surface area contributed by atoms with Crippen molar-refractivity contribution in [2.24, 2.45) is 5.10 Å². The SMILES string of the molecule is N#CCOc1ccc(/C=N\NC(=O)c2ccc(Br)cc2)cc1. The Morgan fingerprint density at radius 1 is 1.23 bits per heavy atom. The summed E-state index contributed by atoms with van der Waals surface area (Å²) >= 11 is 3.31. The van der Waals surface area contributed by atoms with Gasteiger partial charge < -0.3 is 4.74 Å². The summed E-state index contributed by atoms with van der Waals surface area (Å²) in [5.74, 6) is 0.329. The Morgan fingerprint density at radius 2 is 1.91 bits per heavy atom. The first-order valence-electron chi connectivity index (χ1n) is 6.38. The van der Waals surface area contributed by atoms with Crippen molar-refractivity contribution < 1.29 is 9.53 Å². The Bertz CT molecular complexity index is 704. The minimum atomic E-state index is -0.280. The fraction of sp³-hybridized carbons (Fsp3) is 0.0625. The highest BCUT2D eigenvalue weighted by molar-refractivity contribution is 9.10. The van der Waals surface area contributed by atoms with E-state index in [1.807, 2.05) is 6.07 Å². The first-order valence-corrected chi connectivity index (χ1v) is 7.17. The molecule has 22 heavy (non-hydrogen) atoms. The average Bonchev–Trinajstić information content (AvgIpc) is 2.54. The van der Waals surface area contributed by atoms with E-state index >= 15 is 0 Å². The van der Waals surface area contributed by atoms with Gasteiger partial charge in [0.25, 0.3) is 5.91 Å². The summed E-state index contributed by atoms with van der Waals surface area (Å²) in [6.07, 6.45) is 1.53. The number of nitrogens with zero attached hydrogens (tertiary/aromatic N) is 2. The molecule has 0 atom stereocenters. The summed E-state index contributed by atoms with van der Waals surface area (Å²) in [7, 11) is 0. The Hall–Kier alpha value is -2.65. The number of nitrogens with one attached hydrogen (secondary N) is 1. The zero-order chi connectivity index (χ0) is 15.8. The lowest BCUT2D eigenvalue weighted by molar-refractivity contribution is 0.0955. The molecule has 0 aliphatic heterocycles. The number of hydrazone groups is 1. The van der Waals surface area contributed by atoms with Gasteiger partial charge in [0.05, 0.1) is 6.21 Å². The summed E-state index contributed by atoms with van der Waals surface area (Å²) in [6, 6.07) is 15.9. The number of rotatable bonds is 5. The average molecular weight is 358 g/mol. The van der Waals surface area contributed by atoms with Crippen LogP contribution in [0.2, 0.25) is 0 Å². The van der Waals surface area contributed by atoms with Gasteiger partial charge in [0, 0.05) is 10.0 Å². The maximum Gasteiger partial charge on any atom is 0.271 e. The van der Waals surface area contributed by atoms with Crippen LogP contribution < -0.4 is 10.2 Å². The molecular formula is C16H12BrN3O2. The van der Waals surface area contributed by atoms with E-state index in [2.05, 4.69) is 26.5 Å². The molecule has 6 heteroatoms. The van der Waals surface area contributed by atoms with E-state index in [1.165, 1.54) is 6.21 Å². The maximum atomic E-state index is 11.8. The molecule has 0 saturated heterocycles. The number of benzene rings is 2. The van der Waals surface area contributed by atoms with Gasteiger partial charge in [0.1, 0.15) is 11.8 Å². The molecule has 0 fully saturated rings. The summed E-state index contributed by atoms with van der Waals surface area (Å²) in [4.78, 5) is 11.8. The van der Waals surface area contributed by atoms with E-state index in [0.29, 0.717) is 11.3 Å². The highest BCUT2D eigenvalue weighted by atomic mass is 79.9. The molecule has 1 amide bonds. The van der Waals surface area contributed by atoms with Crippen LogP contribution in [0.5, 0.6) is 5.75 Å². The second-order valence-electron chi connectivity index (χ2n) is 4.22. The number of hydrogen-bond donors (Lipinski definition) is 1. The van der Waals surface area contributed by atoms with Gasteiger partial charge in [-0.3, -0.25) is 4.79 Å². The van der Waals surface area contributed by atoms with Crippen LogP contribution in [0.25, 0.3) is 0 Å². The predicted molar refractivity (Wildman–Crippen MR) is 86.8 cm³/mol. The second-order valence-corrected chi connectivity index (χ2v) is 5.14. The van der Waals surface area contributed by atoms with Crippen molar-refractivity contribution in [1.82, 2.24) is 5.43 Å². The summed E-state index contributed by atoms with van der Waals surface area (Å²) in [6.45, 7) is 0.0106. The number of carbonyl (C=O) groups is 1. The Labute approximate surface area is 136 Å². The van der Waals surface area contributed by atoms with E-state index in [4.69, 9.17) is 10.00 Å². The number of carbonyl (C=O) groups excluding carboxylic acids is 1. The predicted octanol–water partition coefficient (Wildman–Crippen LogP) is 3.12. The van der Waals surface area contributed by atoms with Crippen LogP contribution in [-0.4, -0.2) is 18.7 Å². The van der Waals surface area contributed by atoms with Crippen molar-refractivity contribution in [2.75, 3.05) is 6.61 Å². The molecule has 0 aliphatic rings. The fourth-order valence-electron chi connectivity index (χ4n) is 1.60. The van der Waals surface area contributed by atoms with Crippen molar-refractivity contribution in [1.29, 1.82) is 5.26 Å². The molecule has 0 aromatic heterocycles. The van der Waals surface area contributed by atoms with Crippen LogP contribution in [0.4, 0.5) is 0 Å². The lowest BCUT2D eigenvalue weighted by atomic mass is 10.2. The number of amides is 1. The molecule has 5 nitrogen and oxygen atoms in total. The topological polar surface area (TPSA) is 74.5 Å². The molecule has 110 valence electrons. The van der Waals surface area contributed by atoms with Crippen LogP contribution in [0.15, 0.2) is 58.1 Å². The number of halogens is 1. The van der Waals surface area contributed by atoms with Gasteiger partial charge in [-0.15, -0.1) is 0 Å². The largest absolute Gasteiger partial charge is 0.479 e. The molecule has 0 saturated carbocycles. The van der Waals surface area contributed by atoms with E-state index in [9.17, 15) is 4.79 Å². The highest BCUT2D eigenvalue weighted by Gasteiger charge is 2.02. The van der Waals surface area contributed by atoms with Crippen molar-refractivity contribution in [3.63, 3.8) is 0 Å². The van der Waals surface area contributed by atoms with Crippen molar-refractivity contribution in [3.05, 3.63) is 64.1 Å². The molecule has 0 heterocycles. The van der Waals surface area contributed by atoms with Crippen LogP contribution in [0, 0.1) is 11.3 Å². The lowest BCUT2D eigenvalue weighted by Gasteiger charge is -2.01. The standard InChI is InChI=1S/C16H12BrN3O2/c17-14-5-3-13(4-6-14)16(21)20-19-11-12-1-7-15(8-2-12)22-10-9-18/h1-8,11H,10H2,(H,20,21)/b19-11-. The first-order chi connectivity index (χ1) is 10.7. The Balaban J connectivity index is 1.90. The monoisotopic (exact) mass is 357 g/mol. The summed E-state index contributed by atoms with van der Waals surface area (Å²) in [5, 5.41) is 12.3. The van der Waals surface area contributed by atoms with Crippen LogP contribution in [0.1, 0.15) is 15.9 Å². The molecule has 0 bridgehead atoms. The minimum absolute atomic E-state index is 0.0106. The highest BCUT2D eigenvalue weighted by Crippen LogP contribution is 2.11. The summed E-state index contributed by atoms with van der Waals surface area (Å²) in [5.41, 5.74) is 3.79. The quantitative estimate of drug-likeness (QED) is 0.659. The molecule has 1 N–H and O–H groups in total. The van der Waals surface area contributed by atoms with Gasteiger partial charge in [-0.1, -0.05) is 15.9 Å². The Kier molecular flexibility index (Phi) is 5.69. The van der Waals surface area contributed by atoms with Crippen molar-refractivity contribution in [3.8, 4) is 11.8 Å². The third-order valence-corrected chi connectivity index (χ3v) is 3.20. The molecule has 0 spiro atoms. The van der Waals surface area contributed by atoms with Gasteiger partial charge in [0.2, 0.25) is 0 Å². The lowest BCUT2D eigenvalue weighted by Crippen LogP contribution is -2.17. The molecule has 2 rings (SSSR count). The van der Waals surface area contributed by atoms with Gasteiger partial charge in [0.15, 0.2) is 6.61 Å². The number of ether oxygens (including phenoxy) is 1. The van der Waals surface area contributed by atoms with Crippen LogP contribution in [-0.2, 0) is 0 Å². The third-order valence-electron chi connectivity index (χ3n) is 2.67. The van der Waals surface area contributed by atoms with Gasteiger partial charge >= 0.3 is 0 Å². The number of nitriles is 1. The fourth-order valence-corrected chi connectivity index (χ4v) is 1.86. The van der Waals surface area contributed by atoms with Gasteiger partial charge in [-0.2, -0.15) is 10.4 Å². The molecule has 0 aliphatic carbocycles. The first kappa shape index (κ1) is 15.7. The zero-order valence-electron chi connectivity index (χ0n) is 11.5. The summed E-state index contributed by atoms with van der Waals surface area (Å²) < 4.78 is 6.05. The van der Waals surface area contributed by atoms with Gasteiger partial charge in [-0.05, 0) is 54.1 Å². The molecular weight excluding hydrogens is 346 g/mol. The minimum Gasteiger partial charge on any atom is -0.479 e. The van der Waals surface area contributed by atoms with E-state index < -0.39 is 0 Å². The second kappa shape index (κ2) is 7.96. The molecule has 2 aromatic rings. The Morgan fingerprint density at radius 3 is 2.55 bits per heavy atom. The molecule has 0 unspecified atom stereocenters. The van der Waals surface area contributed by atoms with Crippen LogP contribution in [0.3, 0.4) is 0 Å². The zero-order valence-corrected chi connectivity index (χ0v) is 13.1. The van der Waals surface area contributed by atoms with Crippen molar-refractivity contribution in [2.45, 2.75) is 0 Å². The molecule has 2 aromatic carbocycles. The van der Waals surface area contributed by atoms with Crippen LogP contribution >= 0.6 is 15.9 Å². The van der Waals surface area contributed by atoms with E-state index in [0.717, 1.165) is 10.0 Å². The van der Waals surface area contributed by atoms with Crippen molar-refractivity contribution >= 4 is 28.1 Å². The van der Waals surface area contributed by atoms with E-state index in [-0.39, 0.29) is 12.5 Å². The smallest absolute Gasteiger partial charge is 0.271 e. The maximum absolute atomic E-state index is 11.8. The third kappa shape index (κ3) is 4.72. The molecule has 0 radical (unpaired) electrons. The number of hydrogen-bond acceptors (Lipinski definition) is 4. The van der Waals surface area contributed by atoms with Gasteiger partial charge in [-0.25, -0.2) is 5.43 Å². The van der Waals surface area contributed by atoms with E-state index in [1.54, 1.807) is 48.5 Å². The normalized spacial score (nSPS) is 10.2.